The third-order valence-corrected chi connectivity index (χ3v) is 1.92. The molecule has 72 valence electrons. The zero-order chi connectivity index (χ0) is 9.84. The molecule has 0 amide bonds. The Hall–Kier alpha value is -1.16. The van der Waals surface area contributed by atoms with Crippen molar-refractivity contribution in [2.24, 2.45) is 0 Å². The summed E-state index contributed by atoms with van der Waals surface area (Å²) in [6, 6.07) is 0. The first-order valence-electron chi connectivity index (χ1n) is 4.31. The molecule has 1 aromatic rings. The van der Waals surface area contributed by atoms with Gasteiger partial charge in [0, 0.05) is 31.3 Å². The highest BCUT2D eigenvalue weighted by molar-refractivity contribution is 5.45. The van der Waals surface area contributed by atoms with Crippen LogP contribution >= 0.6 is 0 Å². The molecule has 0 aliphatic rings. The van der Waals surface area contributed by atoms with Crippen LogP contribution in [0.5, 0.6) is 0 Å². The molecule has 0 aliphatic carbocycles. The number of nitrogens with one attached hydrogen (secondary N) is 1. The van der Waals surface area contributed by atoms with Gasteiger partial charge in [0.05, 0.1) is 0 Å². The molecule has 0 spiro atoms. The number of hydrogen-bond acceptors (Lipinski definition) is 4. The van der Waals surface area contributed by atoms with E-state index in [4.69, 9.17) is 5.11 Å². The number of hydrogen-bond donors (Lipinski definition) is 2. The summed E-state index contributed by atoms with van der Waals surface area (Å²) in [5.41, 5.74) is 1.93. The van der Waals surface area contributed by atoms with Crippen LogP contribution in [0.2, 0.25) is 0 Å². The van der Waals surface area contributed by atoms with E-state index in [2.05, 4.69) is 15.3 Å². The molecule has 0 radical (unpaired) electrons. The SMILES string of the molecule is CNc1nc(C)nc(C)c1CCO. The summed E-state index contributed by atoms with van der Waals surface area (Å²) < 4.78 is 0. The lowest BCUT2D eigenvalue weighted by atomic mass is 10.1. The number of aliphatic hydroxyl groups is 1. The largest absolute Gasteiger partial charge is 0.396 e. The van der Waals surface area contributed by atoms with Crippen molar-refractivity contribution < 1.29 is 5.11 Å². The molecule has 0 saturated heterocycles. The van der Waals surface area contributed by atoms with E-state index in [1.54, 1.807) is 0 Å². The van der Waals surface area contributed by atoms with Crippen molar-refractivity contribution in [2.75, 3.05) is 19.0 Å². The molecule has 0 aliphatic heterocycles. The predicted molar refractivity (Wildman–Crippen MR) is 51.8 cm³/mol. The van der Waals surface area contributed by atoms with E-state index in [-0.39, 0.29) is 6.61 Å². The fourth-order valence-corrected chi connectivity index (χ4v) is 1.35. The van der Waals surface area contributed by atoms with Crippen LogP contribution in [0.1, 0.15) is 17.1 Å². The minimum Gasteiger partial charge on any atom is -0.396 e. The topological polar surface area (TPSA) is 58.0 Å². The summed E-state index contributed by atoms with van der Waals surface area (Å²) in [6.45, 7) is 3.92. The van der Waals surface area contributed by atoms with Gasteiger partial charge in [0.25, 0.3) is 0 Å². The lowest BCUT2D eigenvalue weighted by molar-refractivity contribution is 0.299. The maximum atomic E-state index is 8.85. The van der Waals surface area contributed by atoms with Gasteiger partial charge in [-0.3, -0.25) is 0 Å². The van der Waals surface area contributed by atoms with Gasteiger partial charge in [0.2, 0.25) is 0 Å². The molecular weight excluding hydrogens is 166 g/mol. The van der Waals surface area contributed by atoms with E-state index in [0.717, 1.165) is 22.9 Å². The van der Waals surface area contributed by atoms with Crippen LogP contribution in [-0.4, -0.2) is 28.7 Å². The van der Waals surface area contributed by atoms with Gasteiger partial charge in [0.1, 0.15) is 11.6 Å². The summed E-state index contributed by atoms with van der Waals surface area (Å²) in [7, 11) is 1.82. The quantitative estimate of drug-likeness (QED) is 0.719. The highest BCUT2D eigenvalue weighted by Crippen LogP contribution is 2.15. The van der Waals surface area contributed by atoms with E-state index in [0.29, 0.717) is 6.42 Å². The van der Waals surface area contributed by atoms with Crippen LogP contribution in [-0.2, 0) is 6.42 Å². The summed E-state index contributed by atoms with van der Waals surface area (Å²) in [6.07, 6.45) is 0.599. The van der Waals surface area contributed by atoms with Gasteiger partial charge in [-0.25, -0.2) is 9.97 Å². The van der Waals surface area contributed by atoms with Crippen molar-refractivity contribution in [3.8, 4) is 0 Å². The van der Waals surface area contributed by atoms with E-state index in [1.807, 2.05) is 20.9 Å². The second-order valence-electron chi connectivity index (χ2n) is 2.91. The van der Waals surface area contributed by atoms with Crippen molar-refractivity contribution in [1.29, 1.82) is 0 Å². The van der Waals surface area contributed by atoms with Crippen LogP contribution < -0.4 is 5.32 Å². The molecule has 0 fully saturated rings. The maximum Gasteiger partial charge on any atom is 0.132 e. The van der Waals surface area contributed by atoms with E-state index >= 15 is 0 Å². The Bertz CT molecular complexity index is 299. The van der Waals surface area contributed by atoms with Gasteiger partial charge in [0.15, 0.2) is 0 Å². The number of rotatable bonds is 3. The third kappa shape index (κ3) is 2.15. The van der Waals surface area contributed by atoms with Crippen LogP contribution in [0.15, 0.2) is 0 Å². The first-order valence-corrected chi connectivity index (χ1v) is 4.31. The Kier molecular flexibility index (Phi) is 3.19. The van der Waals surface area contributed by atoms with Crippen molar-refractivity contribution in [3.63, 3.8) is 0 Å². The normalized spacial score (nSPS) is 10.2. The molecule has 0 atom stereocenters. The Balaban J connectivity index is 3.13. The molecule has 4 nitrogen and oxygen atoms in total. The zero-order valence-corrected chi connectivity index (χ0v) is 8.26. The second-order valence-corrected chi connectivity index (χ2v) is 2.91. The lowest BCUT2D eigenvalue weighted by Gasteiger charge is -2.10. The molecule has 1 heterocycles. The monoisotopic (exact) mass is 181 g/mol. The first kappa shape index (κ1) is 9.92. The van der Waals surface area contributed by atoms with Crippen LogP contribution in [0.3, 0.4) is 0 Å². The fourth-order valence-electron chi connectivity index (χ4n) is 1.35. The molecule has 1 rings (SSSR count). The average molecular weight is 181 g/mol. The number of aryl methyl sites for hydroxylation is 2. The van der Waals surface area contributed by atoms with Crippen LogP contribution in [0.4, 0.5) is 5.82 Å². The number of anilines is 1. The zero-order valence-electron chi connectivity index (χ0n) is 8.26. The molecule has 4 heteroatoms. The lowest BCUT2D eigenvalue weighted by Crippen LogP contribution is -2.07. The fraction of sp³-hybridized carbons (Fsp3) is 0.556. The first-order chi connectivity index (χ1) is 6.19. The second kappa shape index (κ2) is 4.18. The predicted octanol–water partition coefficient (Wildman–Crippen LogP) is 0.670. The van der Waals surface area contributed by atoms with Gasteiger partial charge in [-0.2, -0.15) is 0 Å². The third-order valence-electron chi connectivity index (χ3n) is 1.92. The van der Waals surface area contributed by atoms with Gasteiger partial charge >= 0.3 is 0 Å². The molecule has 0 aromatic carbocycles. The van der Waals surface area contributed by atoms with Crippen molar-refractivity contribution in [2.45, 2.75) is 20.3 Å². The van der Waals surface area contributed by atoms with E-state index < -0.39 is 0 Å². The standard InChI is InChI=1S/C9H15N3O/c1-6-8(4-5-13)9(10-3)12-7(2)11-6/h13H,4-5H2,1-3H3,(H,10,11,12). The maximum absolute atomic E-state index is 8.85. The smallest absolute Gasteiger partial charge is 0.132 e. The molecule has 0 unspecified atom stereocenters. The minimum atomic E-state index is 0.127. The van der Waals surface area contributed by atoms with Gasteiger partial charge in [-0.1, -0.05) is 0 Å². The number of aliphatic hydroxyl groups excluding tert-OH is 1. The summed E-state index contributed by atoms with van der Waals surface area (Å²) in [5.74, 6) is 1.57. The summed E-state index contributed by atoms with van der Waals surface area (Å²) in [5, 5.41) is 11.8. The van der Waals surface area contributed by atoms with Crippen LogP contribution in [0, 0.1) is 13.8 Å². The van der Waals surface area contributed by atoms with Crippen molar-refractivity contribution in [3.05, 3.63) is 17.1 Å². The summed E-state index contributed by atoms with van der Waals surface area (Å²) in [4.78, 5) is 8.48. The molecular formula is C9H15N3O. The van der Waals surface area contributed by atoms with Gasteiger partial charge < -0.3 is 10.4 Å². The molecule has 1 aromatic heterocycles. The van der Waals surface area contributed by atoms with E-state index in [1.165, 1.54) is 0 Å². The Labute approximate surface area is 78.0 Å². The van der Waals surface area contributed by atoms with Crippen LogP contribution in [0.25, 0.3) is 0 Å². The van der Waals surface area contributed by atoms with E-state index in [9.17, 15) is 0 Å². The Morgan fingerprint density at radius 3 is 2.54 bits per heavy atom. The average Bonchev–Trinajstić information content (AvgIpc) is 2.09. The minimum absolute atomic E-state index is 0.127. The number of aromatic nitrogens is 2. The molecule has 13 heavy (non-hydrogen) atoms. The highest BCUT2D eigenvalue weighted by Gasteiger charge is 2.07. The summed E-state index contributed by atoms with van der Waals surface area (Å²) >= 11 is 0. The van der Waals surface area contributed by atoms with Gasteiger partial charge in [-0.05, 0) is 13.8 Å². The van der Waals surface area contributed by atoms with Crippen molar-refractivity contribution in [1.82, 2.24) is 9.97 Å². The Morgan fingerprint density at radius 1 is 1.31 bits per heavy atom. The highest BCUT2D eigenvalue weighted by atomic mass is 16.2. The number of nitrogens with zero attached hydrogens (tertiary/aromatic N) is 2. The van der Waals surface area contributed by atoms with Gasteiger partial charge in [-0.15, -0.1) is 0 Å². The Morgan fingerprint density at radius 2 is 2.00 bits per heavy atom. The molecule has 0 saturated carbocycles. The molecule has 0 bridgehead atoms. The molecule has 2 N–H and O–H groups in total. The van der Waals surface area contributed by atoms with Crippen molar-refractivity contribution >= 4 is 5.82 Å².